The third-order valence-electron chi connectivity index (χ3n) is 6.07. The van der Waals surface area contributed by atoms with E-state index in [9.17, 15) is 9.59 Å². The minimum absolute atomic E-state index is 0.0315. The van der Waals surface area contributed by atoms with Gasteiger partial charge < -0.3 is 10.3 Å². The van der Waals surface area contributed by atoms with Crippen LogP contribution in [-0.2, 0) is 4.79 Å². The maximum absolute atomic E-state index is 13.9. The summed E-state index contributed by atoms with van der Waals surface area (Å²) in [5.41, 5.74) is 2.58. The van der Waals surface area contributed by atoms with Crippen LogP contribution < -0.4 is 5.32 Å². The number of anilines is 1. The predicted octanol–water partition coefficient (Wildman–Crippen LogP) is 4.90. The van der Waals surface area contributed by atoms with E-state index in [4.69, 9.17) is 0 Å². The number of thiazole rings is 1. The van der Waals surface area contributed by atoms with Crippen LogP contribution in [0.2, 0.25) is 0 Å². The largest absolute Gasteiger partial charge is 0.360 e. The number of aromatic nitrogens is 2. The summed E-state index contributed by atoms with van der Waals surface area (Å²) in [6, 6.07) is 17.3. The maximum atomic E-state index is 13.9. The van der Waals surface area contributed by atoms with Crippen LogP contribution in [0, 0.1) is 5.92 Å². The van der Waals surface area contributed by atoms with Gasteiger partial charge in [0, 0.05) is 40.8 Å². The number of Topliss-reactive ketones (excluding diaryl/α,β-unsaturated/α-hetero) is 1. The highest BCUT2D eigenvalue weighted by Crippen LogP contribution is 2.32. The molecule has 2 aromatic carbocycles. The number of amides is 1. The lowest BCUT2D eigenvalue weighted by Gasteiger charge is -2.37. The maximum Gasteiger partial charge on any atom is 0.230 e. The first-order valence-electron chi connectivity index (χ1n) is 10.8. The van der Waals surface area contributed by atoms with E-state index in [1.807, 2.05) is 60.0 Å². The molecular weight excluding hydrogens is 420 g/mol. The van der Waals surface area contributed by atoms with Gasteiger partial charge in [0.1, 0.15) is 0 Å². The molecule has 4 aromatic rings. The van der Waals surface area contributed by atoms with Crippen molar-refractivity contribution in [2.24, 2.45) is 5.92 Å². The van der Waals surface area contributed by atoms with Gasteiger partial charge in [-0.1, -0.05) is 48.5 Å². The highest BCUT2D eigenvalue weighted by Gasteiger charge is 2.35. The molecule has 32 heavy (non-hydrogen) atoms. The summed E-state index contributed by atoms with van der Waals surface area (Å²) in [6.45, 7) is 1.31. The summed E-state index contributed by atoms with van der Waals surface area (Å²) in [6.07, 6.45) is 5.15. The first-order chi connectivity index (χ1) is 15.7. The van der Waals surface area contributed by atoms with Gasteiger partial charge >= 0.3 is 0 Å². The van der Waals surface area contributed by atoms with Crippen LogP contribution in [-0.4, -0.2) is 39.6 Å². The molecule has 2 atom stereocenters. The topological polar surface area (TPSA) is 78.1 Å². The third kappa shape index (κ3) is 4.09. The Morgan fingerprint density at radius 3 is 2.75 bits per heavy atom. The summed E-state index contributed by atoms with van der Waals surface area (Å²) in [4.78, 5) is 36.3. The van der Waals surface area contributed by atoms with E-state index in [-0.39, 0.29) is 17.6 Å². The zero-order valence-electron chi connectivity index (χ0n) is 17.5. The van der Waals surface area contributed by atoms with Gasteiger partial charge in [0.25, 0.3) is 0 Å². The number of nitrogens with one attached hydrogen (secondary N) is 2. The van der Waals surface area contributed by atoms with E-state index >= 15 is 0 Å². The van der Waals surface area contributed by atoms with Crippen LogP contribution in [0.25, 0.3) is 10.9 Å². The lowest BCUT2D eigenvalue weighted by atomic mass is 9.90. The fraction of sp³-hybridized carbons (Fsp3) is 0.240. The summed E-state index contributed by atoms with van der Waals surface area (Å²) in [5.74, 6) is -0.166. The van der Waals surface area contributed by atoms with Gasteiger partial charge in [-0.25, -0.2) is 4.98 Å². The summed E-state index contributed by atoms with van der Waals surface area (Å²) in [5, 5.41) is 6.30. The highest BCUT2D eigenvalue weighted by molar-refractivity contribution is 7.13. The number of para-hydroxylation sites is 1. The molecule has 3 heterocycles. The van der Waals surface area contributed by atoms with Crippen molar-refractivity contribution in [3.05, 3.63) is 83.5 Å². The van der Waals surface area contributed by atoms with Crippen molar-refractivity contribution in [3.63, 3.8) is 0 Å². The number of carbonyl (C=O) groups excluding carboxylic acids is 2. The Balaban J connectivity index is 1.44. The van der Waals surface area contributed by atoms with Gasteiger partial charge in [-0.2, -0.15) is 0 Å². The standard InChI is InChI=1S/C25H24N4O2S/c30-23(20-15-27-21-11-5-4-10-19(20)21)22(17-7-2-1-3-8-17)29-13-6-9-18(16-29)24(31)28-25-26-12-14-32-25/h1-5,7-8,10-12,14-15,18,22,27H,6,9,13,16H2,(H,26,28,31). The minimum atomic E-state index is -0.439. The monoisotopic (exact) mass is 444 g/mol. The molecule has 0 saturated carbocycles. The van der Waals surface area contributed by atoms with Crippen molar-refractivity contribution in [1.82, 2.24) is 14.9 Å². The normalized spacial score (nSPS) is 17.8. The van der Waals surface area contributed by atoms with Crippen molar-refractivity contribution >= 4 is 39.1 Å². The van der Waals surface area contributed by atoms with Gasteiger partial charge in [-0.3, -0.25) is 14.5 Å². The second kappa shape index (κ2) is 9.06. The molecule has 5 rings (SSSR count). The van der Waals surface area contributed by atoms with E-state index in [0.29, 0.717) is 17.2 Å². The molecule has 1 aliphatic rings. The molecule has 0 aliphatic carbocycles. The Morgan fingerprint density at radius 2 is 1.94 bits per heavy atom. The SMILES string of the molecule is O=C(Nc1nccs1)C1CCCN(C(C(=O)c2c[nH]c3ccccc23)c2ccccc2)C1. The molecule has 2 N–H and O–H groups in total. The van der Waals surface area contributed by atoms with E-state index in [1.54, 1.807) is 12.4 Å². The molecule has 6 nitrogen and oxygen atoms in total. The van der Waals surface area contributed by atoms with Gasteiger partial charge in [0.05, 0.1) is 12.0 Å². The molecule has 162 valence electrons. The molecule has 1 fully saturated rings. The molecule has 1 amide bonds. The number of benzene rings is 2. The zero-order valence-corrected chi connectivity index (χ0v) is 18.3. The average molecular weight is 445 g/mol. The number of carbonyl (C=O) groups is 2. The highest BCUT2D eigenvalue weighted by atomic mass is 32.1. The van der Waals surface area contributed by atoms with Crippen LogP contribution in [0.3, 0.4) is 0 Å². The van der Waals surface area contributed by atoms with Crippen LogP contribution in [0.15, 0.2) is 72.4 Å². The number of H-pyrrole nitrogens is 1. The van der Waals surface area contributed by atoms with Crippen LogP contribution in [0.5, 0.6) is 0 Å². The lowest BCUT2D eigenvalue weighted by Crippen LogP contribution is -2.44. The fourth-order valence-corrected chi connectivity index (χ4v) is 5.07. The Hall–Kier alpha value is -3.29. The Bertz CT molecular complexity index is 1220. The zero-order chi connectivity index (χ0) is 21.9. The Kier molecular flexibility index (Phi) is 5.83. The lowest BCUT2D eigenvalue weighted by molar-refractivity contribution is -0.121. The molecular formula is C25H24N4O2S. The molecule has 2 unspecified atom stereocenters. The quantitative estimate of drug-likeness (QED) is 0.415. The third-order valence-corrected chi connectivity index (χ3v) is 6.76. The molecule has 1 aliphatic heterocycles. The first-order valence-corrected chi connectivity index (χ1v) is 11.7. The number of rotatable bonds is 6. The summed E-state index contributed by atoms with van der Waals surface area (Å²) < 4.78 is 0. The molecule has 0 spiro atoms. The first kappa shape index (κ1) is 20.6. The smallest absolute Gasteiger partial charge is 0.230 e. The van der Waals surface area contributed by atoms with Crippen molar-refractivity contribution in [1.29, 1.82) is 0 Å². The molecule has 2 aromatic heterocycles. The summed E-state index contributed by atoms with van der Waals surface area (Å²) in [7, 11) is 0. The number of hydrogen-bond donors (Lipinski definition) is 2. The number of ketones is 1. The predicted molar refractivity (Wildman–Crippen MR) is 127 cm³/mol. The number of nitrogens with zero attached hydrogens (tertiary/aromatic N) is 2. The number of piperidine rings is 1. The number of fused-ring (bicyclic) bond motifs is 1. The minimum Gasteiger partial charge on any atom is -0.360 e. The average Bonchev–Trinajstić information content (AvgIpc) is 3.50. The Labute approximate surface area is 190 Å². The van der Waals surface area contributed by atoms with Gasteiger partial charge in [0.15, 0.2) is 10.9 Å². The fourth-order valence-electron chi connectivity index (χ4n) is 4.53. The van der Waals surface area contributed by atoms with Crippen molar-refractivity contribution in [2.45, 2.75) is 18.9 Å². The van der Waals surface area contributed by atoms with Crippen molar-refractivity contribution in [2.75, 3.05) is 18.4 Å². The van der Waals surface area contributed by atoms with Crippen molar-refractivity contribution in [3.8, 4) is 0 Å². The molecule has 0 radical (unpaired) electrons. The molecule has 0 bridgehead atoms. The van der Waals surface area contributed by atoms with Crippen LogP contribution in [0.4, 0.5) is 5.13 Å². The van der Waals surface area contributed by atoms with E-state index in [1.165, 1.54) is 11.3 Å². The summed E-state index contributed by atoms with van der Waals surface area (Å²) >= 11 is 1.41. The van der Waals surface area contributed by atoms with Gasteiger partial charge in [-0.15, -0.1) is 11.3 Å². The number of likely N-dealkylation sites (tertiary alicyclic amines) is 1. The van der Waals surface area contributed by atoms with E-state index in [2.05, 4.69) is 20.2 Å². The van der Waals surface area contributed by atoms with Crippen molar-refractivity contribution < 1.29 is 9.59 Å². The Morgan fingerprint density at radius 1 is 1.12 bits per heavy atom. The van der Waals surface area contributed by atoms with Gasteiger partial charge in [-0.05, 0) is 31.0 Å². The number of hydrogen-bond acceptors (Lipinski definition) is 5. The second-order valence-electron chi connectivity index (χ2n) is 8.09. The van der Waals surface area contributed by atoms with E-state index in [0.717, 1.165) is 35.9 Å². The molecule has 7 heteroatoms. The van der Waals surface area contributed by atoms with Crippen LogP contribution >= 0.6 is 11.3 Å². The van der Waals surface area contributed by atoms with Gasteiger partial charge in [0.2, 0.25) is 5.91 Å². The van der Waals surface area contributed by atoms with E-state index < -0.39 is 6.04 Å². The molecule has 1 saturated heterocycles. The number of aromatic amines is 1. The second-order valence-corrected chi connectivity index (χ2v) is 8.98. The van der Waals surface area contributed by atoms with Crippen LogP contribution in [0.1, 0.15) is 34.8 Å².